The van der Waals surface area contributed by atoms with Crippen LogP contribution in [0.3, 0.4) is 0 Å². The van der Waals surface area contributed by atoms with Gasteiger partial charge in [-0.15, -0.1) is 0 Å². The van der Waals surface area contributed by atoms with Crippen molar-refractivity contribution in [1.29, 1.82) is 0 Å². The highest BCUT2D eigenvalue weighted by molar-refractivity contribution is 5.94. The van der Waals surface area contributed by atoms with Crippen LogP contribution in [0.1, 0.15) is 25.3 Å². The van der Waals surface area contributed by atoms with E-state index in [0.29, 0.717) is 23.3 Å². The van der Waals surface area contributed by atoms with Crippen LogP contribution in [0.2, 0.25) is 0 Å². The first kappa shape index (κ1) is 26.2. The Morgan fingerprint density at radius 1 is 0.923 bits per heavy atom. The predicted octanol–water partition coefficient (Wildman–Crippen LogP) is 5.43. The third-order valence-corrected chi connectivity index (χ3v) is 6.84. The minimum absolute atomic E-state index is 0.111. The number of carbonyl (C=O) groups excluding carboxylic acids is 1. The zero-order chi connectivity index (χ0) is 27.2. The molecular weight excluding hydrogens is 492 g/mol. The van der Waals surface area contributed by atoms with Crippen molar-refractivity contribution >= 4 is 40.0 Å². The molecular formula is C30H34N6O3. The first-order chi connectivity index (χ1) is 19.0. The van der Waals surface area contributed by atoms with Crippen molar-refractivity contribution in [2.24, 2.45) is 0 Å². The fourth-order valence-corrected chi connectivity index (χ4v) is 4.85. The fraction of sp³-hybridized carbons (Fsp3) is 0.300. The van der Waals surface area contributed by atoms with E-state index in [1.54, 1.807) is 14.2 Å². The minimum atomic E-state index is -0.111. The van der Waals surface area contributed by atoms with Crippen LogP contribution in [0.5, 0.6) is 11.5 Å². The molecule has 0 aliphatic carbocycles. The summed E-state index contributed by atoms with van der Waals surface area (Å²) >= 11 is 0. The second kappa shape index (κ2) is 12.0. The number of fused-ring (bicyclic) bond motifs is 1. The van der Waals surface area contributed by atoms with Crippen LogP contribution in [0.15, 0.2) is 66.7 Å². The molecule has 4 aromatic rings. The van der Waals surface area contributed by atoms with E-state index in [-0.39, 0.29) is 11.9 Å². The number of nitrogens with one attached hydrogen (secondary N) is 3. The number of hydrogen-bond donors (Lipinski definition) is 3. The number of rotatable bonds is 9. The number of piperidine rings is 1. The van der Waals surface area contributed by atoms with E-state index >= 15 is 0 Å². The Morgan fingerprint density at radius 2 is 1.59 bits per heavy atom. The van der Waals surface area contributed by atoms with Crippen molar-refractivity contribution in [3.63, 3.8) is 0 Å². The SMILES string of the molecule is COc1cc2nc(NC3CCN(Cc4ccccc4)CC3)nc(Nc3ccc(NC(C)=O)cc3)c2cc1OC. The largest absolute Gasteiger partial charge is 0.493 e. The number of benzene rings is 3. The summed E-state index contributed by atoms with van der Waals surface area (Å²) in [6.45, 7) is 4.48. The lowest BCUT2D eigenvalue weighted by Crippen LogP contribution is -2.39. The van der Waals surface area contributed by atoms with E-state index < -0.39 is 0 Å². The highest BCUT2D eigenvalue weighted by Crippen LogP contribution is 2.36. The van der Waals surface area contributed by atoms with Crippen LogP contribution in [0.4, 0.5) is 23.1 Å². The van der Waals surface area contributed by atoms with E-state index in [9.17, 15) is 4.79 Å². The number of methoxy groups -OCH3 is 2. The molecule has 202 valence electrons. The molecule has 0 unspecified atom stereocenters. The van der Waals surface area contributed by atoms with Gasteiger partial charge in [0.25, 0.3) is 0 Å². The molecule has 2 heterocycles. The minimum Gasteiger partial charge on any atom is -0.493 e. The van der Waals surface area contributed by atoms with E-state index in [4.69, 9.17) is 19.4 Å². The van der Waals surface area contributed by atoms with Crippen LogP contribution < -0.4 is 25.4 Å². The van der Waals surface area contributed by atoms with Crippen LogP contribution in [-0.4, -0.2) is 54.1 Å². The van der Waals surface area contributed by atoms with E-state index in [2.05, 4.69) is 51.2 Å². The lowest BCUT2D eigenvalue weighted by atomic mass is 10.0. The van der Waals surface area contributed by atoms with Crippen molar-refractivity contribution < 1.29 is 14.3 Å². The maximum Gasteiger partial charge on any atom is 0.225 e. The highest BCUT2D eigenvalue weighted by Gasteiger charge is 2.21. The topological polar surface area (TPSA) is 101 Å². The van der Waals surface area contributed by atoms with Gasteiger partial charge in [-0.25, -0.2) is 4.98 Å². The van der Waals surface area contributed by atoms with E-state index in [1.807, 2.05) is 36.4 Å². The molecule has 3 aromatic carbocycles. The molecule has 0 bridgehead atoms. The Morgan fingerprint density at radius 3 is 2.26 bits per heavy atom. The monoisotopic (exact) mass is 526 g/mol. The van der Waals surface area contributed by atoms with E-state index in [1.165, 1.54) is 12.5 Å². The second-order valence-electron chi connectivity index (χ2n) is 9.68. The van der Waals surface area contributed by atoms with Crippen LogP contribution >= 0.6 is 0 Å². The molecule has 0 spiro atoms. The molecule has 9 nitrogen and oxygen atoms in total. The van der Waals surface area contributed by atoms with Gasteiger partial charge in [-0.1, -0.05) is 30.3 Å². The smallest absolute Gasteiger partial charge is 0.225 e. The molecule has 0 saturated carbocycles. The number of carbonyl (C=O) groups is 1. The molecule has 1 aliphatic heterocycles. The van der Waals surface area contributed by atoms with Gasteiger partial charge in [0.2, 0.25) is 11.9 Å². The van der Waals surface area contributed by atoms with Gasteiger partial charge >= 0.3 is 0 Å². The number of amides is 1. The van der Waals surface area contributed by atoms with Gasteiger partial charge in [-0.2, -0.15) is 4.98 Å². The average molecular weight is 527 g/mol. The van der Waals surface area contributed by atoms with Crippen LogP contribution in [0, 0.1) is 0 Å². The summed E-state index contributed by atoms with van der Waals surface area (Å²) in [7, 11) is 3.22. The Bertz CT molecular complexity index is 1420. The third-order valence-electron chi connectivity index (χ3n) is 6.84. The summed E-state index contributed by atoms with van der Waals surface area (Å²) in [5, 5.41) is 10.6. The average Bonchev–Trinajstić information content (AvgIpc) is 2.95. The predicted molar refractivity (Wildman–Crippen MR) is 155 cm³/mol. The Labute approximate surface area is 228 Å². The molecule has 1 aliphatic rings. The zero-order valence-electron chi connectivity index (χ0n) is 22.5. The van der Waals surface area contributed by atoms with Gasteiger partial charge in [-0.3, -0.25) is 9.69 Å². The van der Waals surface area contributed by atoms with Crippen molar-refractivity contribution in [2.75, 3.05) is 43.3 Å². The summed E-state index contributed by atoms with van der Waals surface area (Å²) in [6, 6.07) is 22.1. The summed E-state index contributed by atoms with van der Waals surface area (Å²) in [5.41, 5.74) is 3.64. The summed E-state index contributed by atoms with van der Waals surface area (Å²) in [4.78, 5) is 23.6. The number of aromatic nitrogens is 2. The van der Waals surface area contributed by atoms with Crippen molar-refractivity contribution in [3.05, 3.63) is 72.3 Å². The van der Waals surface area contributed by atoms with Crippen molar-refractivity contribution in [3.8, 4) is 11.5 Å². The highest BCUT2D eigenvalue weighted by atomic mass is 16.5. The van der Waals surface area contributed by atoms with E-state index in [0.717, 1.165) is 54.8 Å². The lowest BCUT2D eigenvalue weighted by molar-refractivity contribution is -0.114. The van der Waals surface area contributed by atoms with Crippen LogP contribution in [0.25, 0.3) is 10.9 Å². The van der Waals surface area contributed by atoms with Crippen molar-refractivity contribution in [2.45, 2.75) is 32.4 Å². The number of ether oxygens (including phenoxy) is 2. The van der Waals surface area contributed by atoms with Gasteiger partial charge < -0.3 is 25.4 Å². The standard InChI is InChI=1S/C30H34N6O3/c1-20(37)31-22-9-11-23(12-10-22)32-29-25-17-27(38-2)28(39-3)18-26(25)34-30(35-29)33-24-13-15-36(16-14-24)19-21-7-5-4-6-8-21/h4-12,17-18,24H,13-16,19H2,1-3H3,(H,31,37)(H2,32,33,34,35). The Kier molecular flexibility index (Phi) is 8.07. The first-order valence-corrected chi connectivity index (χ1v) is 13.1. The van der Waals surface area contributed by atoms with Gasteiger partial charge in [0.1, 0.15) is 5.82 Å². The van der Waals surface area contributed by atoms with Crippen molar-refractivity contribution in [1.82, 2.24) is 14.9 Å². The van der Waals surface area contributed by atoms with Gasteiger partial charge in [0, 0.05) is 55.4 Å². The van der Waals surface area contributed by atoms with Crippen LogP contribution in [-0.2, 0) is 11.3 Å². The zero-order valence-corrected chi connectivity index (χ0v) is 22.5. The lowest BCUT2D eigenvalue weighted by Gasteiger charge is -2.32. The van der Waals surface area contributed by atoms with Gasteiger partial charge in [0.05, 0.1) is 19.7 Å². The molecule has 1 saturated heterocycles. The number of nitrogens with zero attached hydrogens (tertiary/aromatic N) is 3. The normalized spacial score (nSPS) is 14.1. The first-order valence-electron chi connectivity index (χ1n) is 13.1. The summed E-state index contributed by atoms with van der Waals surface area (Å²) in [6.07, 6.45) is 2.01. The molecule has 1 fully saturated rings. The Balaban J connectivity index is 1.36. The maximum absolute atomic E-state index is 11.4. The number of hydrogen-bond acceptors (Lipinski definition) is 8. The molecule has 0 atom stereocenters. The molecule has 1 amide bonds. The molecule has 1 aromatic heterocycles. The summed E-state index contributed by atoms with van der Waals surface area (Å²) < 4.78 is 11.1. The molecule has 5 rings (SSSR count). The molecule has 9 heteroatoms. The van der Waals surface area contributed by atoms with Gasteiger partial charge in [-0.05, 0) is 48.7 Å². The maximum atomic E-state index is 11.4. The quantitative estimate of drug-likeness (QED) is 0.266. The number of likely N-dealkylation sites (tertiary alicyclic amines) is 1. The third kappa shape index (κ3) is 6.56. The van der Waals surface area contributed by atoms with Gasteiger partial charge in [0.15, 0.2) is 11.5 Å². The molecule has 39 heavy (non-hydrogen) atoms. The fourth-order valence-electron chi connectivity index (χ4n) is 4.85. The molecule has 0 radical (unpaired) electrons. The Hall–Kier alpha value is -4.37. The molecule has 3 N–H and O–H groups in total. The number of anilines is 4. The second-order valence-corrected chi connectivity index (χ2v) is 9.68. The summed E-state index contributed by atoms with van der Waals surface area (Å²) in [5.74, 6) is 2.31.